The van der Waals surface area contributed by atoms with Crippen molar-refractivity contribution in [2.24, 2.45) is 0 Å². The van der Waals surface area contributed by atoms with Crippen LogP contribution in [0.15, 0.2) is 18.2 Å². The highest BCUT2D eigenvalue weighted by atomic mass is 16.2. The summed E-state index contributed by atoms with van der Waals surface area (Å²) in [6.07, 6.45) is 6.17. The predicted molar refractivity (Wildman–Crippen MR) is 89.1 cm³/mol. The molecule has 1 aliphatic rings. The number of rotatable bonds is 4. The van der Waals surface area contributed by atoms with E-state index in [9.17, 15) is 9.59 Å². The van der Waals surface area contributed by atoms with Crippen molar-refractivity contribution in [3.63, 3.8) is 0 Å². The van der Waals surface area contributed by atoms with Crippen molar-refractivity contribution < 1.29 is 9.59 Å². The minimum atomic E-state index is -0.177. The molecule has 22 heavy (non-hydrogen) atoms. The first kappa shape index (κ1) is 16.3. The van der Waals surface area contributed by atoms with Crippen molar-refractivity contribution in [1.29, 1.82) is 0 Å². The monoisotopic (exact) mass is 303 g/mol. The molecule has 0 radical (unpaired) electrons. The summed E-state index contributed by atoms with van der Waals surface area (Å²) in [5.41, 5.74) is 2.40. The summed E-state index contributed by atoms with van der Waals surface area (Å²) in [6, 6.07) is 5.63. The van der Waals surface area contributed by atoms with E-state index in [-0.39, 0.29) is 18.0 Å². The van der Waals surface area contributed by atoms with Gasteiger partial charge in [0, 0.05) is 23.8 Å². The van der Waals surface area contributed by atoms with Crippen LogP contribution in [0, 0.1) is 6.92 Å². The van der Waals surface area contributed by atoms with E-state index in [1.54, 1.807) is 6.07 Å². The Balaban J connectivity index is 1.95. The standard InChI is InChI=1S/C17H25N3O2/c1-3-16(21)20-15-11-14(10-9-12(15)2)19-17(22)18-13-7-5-4-6-8-13/h9-11,13H,3-8H2,1-2H3,(H,20,21)(H2,18,19,22). The van der Waals surface area contributed by atoms with Crippen molar-refractivity contribution in [3.8, 4) is 0 Å². The fraction of sp³-hybridized carbons (Fsp3) is 0.529. The van der Waals surface area contributed by atoms with Gasteiger partial charge in [0.1, 0.15) is 0 Å². The molecule has 0 unspecified atom stereocenters. The Kier molecular flexibility index (Phi) is 5.81. The molecule has 1 fully saturated rings. The topological polar surface area (TPSA) is 70.2 Å². The zero-order valence-electron chi connectivity index (χ0n) is 13.4. The van der Waals surface area contributed by atoms with Crippen LogP contribution in [0.25, 0.3) is 0 Å². The molecule has 3 amide bonds. The van der Waals surface area contributed by atoms with E-state index in [0.29, 0.717) is 12.1 Å². The van der Waals surface area contributed by atoms with Gasteiger partial charge in [-0.2, -0.15) is 0 Å². The molecule has 0 spiro atoms. The second-order valence-electron chi connectivity index (χ2n) is 5.86. The van der Waals surface area contributed by atoms with Crippen LogP contribution in [-0.4, -0.2) is 18.0 Å². The Bertz CT molecular complexity index is 537. The lowest BCUT2D eigenvalue weighted by Crippen LogP contribution is -2.39. The maximum absolute atomic E-state index is 12.0. The third-order valence-corrected chi connectivity index (χ3v) is 4.03. The minimum Gasteiger partial charge on any atom is -0.335 e. The average molecular weight is 303 g/mol. The Morgan fingerprint density at radius 3 is 2.55 bits per heavy atom. The number of carbonyl (C=O) groups is 2. The summed E-state index contributed by atoms with van der Waals surface area (Å²) in [5, 5.41) is 8.71. The lowest BCUT2D eigenvalue weighted by Gasteiger charge is -2.23. The molecule has 3 N–H and O–H groups in total. The molecule has 1 aromatic rings. The Morgan fingerprint density at radius 1 is 1.14 bits per heavy atom. The van der Waals surface area contributed by atoms with Crippen LogP contribution in [0.4, 0.5) is 16.2 Å². The molecule has 0 atom stereocenters. The fourth-order valence-electron chi connectivity index (χ4n) is 2.67. The van der Waals surface area contributed by atoms with Gasteiger partial charge < -0.3 is 16.0 Å². The van der Waals surface area contributed by atoms with E-state index in [2.05, 4.69) is 16.0 Å². The number of anilines is 2. The Hall–Kier alpha value is -2.04. The number of benzene rings is 1. The van der Waals surface area contributed by atoms with Gasteiger partial charge >= 0.3 is 6.03 Å². The highest BCUT2D eigenvalue weighted by Gasteiger charge is 2.15. The van der Waals surface area contributed by atoms with Gasteiger partial charge in [0.2, 0.25) is 5.91 Å². The molecule has 0 aromatic heterocycles. The molecule has 0 aliphatic heterocycles. The first-order chi connectivity index (χ1) is 10.6. The van der Waals surface area contributed by atoms with Crippen LogP contribution in [-0.2, 0) is 4.79 Å². The zero-order valence-corrected chi connectivity index (χ0v) is 13.4. The summed E-state index contributed by atoms with van der Waals surface area (Å²) in [5.74, 6) is -0.0353. The predicted octanol–water partition coefficient (Wildman–Crippen LogP) is 3.80. The summed E-state index contributed by atoms with van der Waals surface area (Å²) in [6.45, 7) is 3.74. The molecule has 1 saturated carbocycles. The molecule has 1 aliphatic carbocycles. The van der Waals surface area contributed by atoms with E-state index >= 15 is 0 Å². The number of amides is 3. The molecule has 2 rings (SSSR count). The molecular formula is C17H25N3O2. The molecule has 120 valence electrons. The normalized spacial score (nSPS) is 15.2. The molecular weight excluding hydrogens is 278 g/mol. The lowest BCUT2D eigenvalue weighted by molar-refractivity contribution is -0.115. The second-order valence-corrected chi connectivity index (χ2v) is 5.86. The van der Waals surface area contributed by atoms with Gasteiger partial charge in [0.25, 0.3) is 0 Å². The number of aryl methyl sites for hydroxylation is 1. The van der Waals surface area contributed by atoms with Gasteiger partial charge in [-0.25, -0.2) is 4.79 Å². The highest BCUT2D eigenvalue weighted by Crippen LogP contribution is 2.21. The molecule has 1 aromatic carbocycles. The Labute approximate surface area is 131 Å². The van der Waals surface area contributed by atoms with Gasteiger partial charge in [-0.3, -0.25) is 4.79 Å². The SMILES string of the molecule is CCC(=O)Nc1cc(NC(=O)NC2CCCCC2)ccc1C. The van der Waals surface area contributed by atoms with Crippen molar-refractivity contribution in [2.75, 3.05) is 10.6 Å². The van der Waals surface area contributed by atoms with Gasteiger partial charge in [0.15, 0.2) is 0 Å². The van der Waals surface area contributed by atoms with Crippen LogP contribution in [0.2, 0.25) is 0 Å². The van der Waals surface area contributed by atoms with Gasteiger partial charge in [0.05, 0.1) is 0 Å². The second kappa shape index (κ2) is 7.82. The highest BCUT2D eigenvalue weighted by molar-refractivity contribution is 5.94. The van der Waals surface area contributed by atoms with Gasteiger partial charge in [-0.15, -0.1) is 0 Å². The average Bonchev–Trinajstić information content (AvgIpc) is 2.51. The molecule has 0 bridgehead atoms. The summed E-state index contributed by atoms with van der Waals surface area (Å²) in [7, 11) is 0. The fourth-order valence-corrected chi connectivity index (χ4v) is 2.67. The van der Waals surface area contributed by atoms with Crippen molar-refractivity contribution in [2.45, 2.75) is 58.4 Å². The number of hydrogen-bond acceptors (Lipinski definition) is 2. The lowest BCUT2D eigenvalue weighted by atomic mass is 9.96. The van der Waals surface area contributed by atoms with Gasteiger partial charge in [-0.05, 0) is 37.5 Å². The number of carbonyl (C=O) groups excluding carboxylic acids is 2. The summed E-state index contributed by atoms with van der Waals surface area (Å²) < 4.78 is 0. The van der Waals surface area contributed by atoms with Crippen LogP contribution in [0.3, 0.4) is 0 Å². The molecule has 0 heterocycles. The third kappa shape index (κ3) is 4.76. The van der Waals surface area contributed by atoms with Crippen LogP contribution in [0.1, 0.15) is 51.0 Å². The Morgan fingerprint density at radius 2 is 1.86 bits per heavy atom. The van der Waals surface area contributed by atoms with E-state index in [1.165, 1.54) is 19.3 Å². The van der Waals surface area contributed by atoms with Gasteiger partial charge in [-0.1, -0.05) is 32.3 Å². The largest absolute Gasteiger partial charge is 0.335 e. The number of nitrogens with one attached hydrogen (secondary N) is 3. The first-order valence-corrected chi connectivity index (χ1v) is 8.06. The van der Waals surface area contributed by atoms with E-state index in [1.807, 2.05) is 26.0 Å². The van der Waals surface area contributed by atoms with Crippen LogP contribution >= 0.6 is 0 Å². The van der Waals surface area contributed by atoms with Crippen molar-refractivity contribution in [1.82, 2.24) is 5.32 Å². The molecule has 0 saturated heterocycles. The summed E-state index contributed by atoms with van der Waals surface area (Å²) >= 11 is 0. The minimum absolute atomic E-state index is 0.0353. The maximum atomic E-state index is 12.0. The number of urea groups is 1. The van der Waals surface area contributed by atoms with E-state index in [4.69, 9.17) is 0 Å². The number of hydrogen-bond donors (Lipinski definition) is 3. The summed E-state index contributed by atoms with van der Waals surface area (Å²) in [4.78, 5) is 23.6. The van der Waals surface area contributed by atoms with Crippen molar-refractivity contribution >= 4 is 23.3 Å². The zero-order chi connectivity index (χ0) is 15.9. The van der Waals surface area contributed by atoms with Crippen LogP contribution in [0.5, 0.6) is 0 Å². The first-order valence-electron chi connectivity index (χ1n) is 8.06. The maximum Gasteiger partial charge on any atom is 0.319 e. The van der Waals surface area contributed by atoms with Crippen LogP contribution < -0.4 is 16.0 Å². The quantitative estimate of drug-likeness (QED) is 0.792. The van der Waals surface area contributed by atoms with E-state index in [0.717, 1.165) is 24.1 Å². The van der Waals surface area contributed by atoms with Crippen molar-refractivity contribution in [3.05, 3.63) is 23.8 Å². The molecule has 5 nitrogen and oxygen atoms in total. The smallest absolute Gasteiger partial charge is 0.319 e. The van der Waals surface area contributed by atoms with E-state index < -0.39 is 0 Å². The third-order valence-electron chi connectivity index (χ3n) is 4.03. The molecule has 5 heteroatoms.